The van der Waals surface area contributed by atoms with Crippen LogP contribution in [0.2, 0.25) is 0 Å². The summed E-state index contributed by atoms with van der Waals surface area (Å²) in [5.41, 5.74) is 5.46. The number of rotatable bonds is 0. The van der Waals surface area contributed by atoms with Gasteiger partial charge in [-0.15, -0.1) is 36.1 Å². The predicted octanol–water partition coefficient (Wildman–Crippen LogP) is 5.85. The Labute approximate surface area is 153 Å². The Kier molecular flexibility index (Phi) is 8.23. The van der Waals surface area contributed by atoms with E-state index < -0.39 is 18.9 Å². The van der Waals surface area contributed by atoms with E-state index in [0.717, 1.165) is 12.8 Å². The molecule has 0 N–H and O–H groups in total. The van der Waals surface area contributed by atoms with Gasteiger partial charge in [-0.3, -0.25) is 12.2 Å². The Morgan fingerprint density at radius 1 is 0.826 bits per heavy atom. The van der Waals surface area contributed by atoms with Crippen LogP contribution in [0.3, 0.4) is 0 Å². The minimum atomic E-state index is -1.76. The Balaban J connectivity index is 0.000000132. The van der Waals surface area contributed by atoms with Gasteiger partial charge < -0.3 is 0 Å². The van der Waals surface area contributed by atoms with E-state index in [1.165, 1.54) is 22.3 Å². The Morgan fingerprint density at radius 2 is 1.22 bits per heavy atom. The number of hydrogen-bond acceptors (Lipinski definition) is 0. The van der Waals surface area contributed by atoms with Crippen LogP contribution < -0.4 is 0 Å². The fourth-order valence-corrected chi connectivity index (χ4v) is 2.21. The van der Waals surface area contributed by atoms with Crippen molar-refractivity contribution in [2.75, 3.05) is 0 Å². The molecular weight excluding hydrogens is 402 g/mol. The molecule has 0 saturated carbocycles. The average molecular weight is 420 g/mol. The van der Waals surface area contributed by atoms with Crippen LogP contribution in [0.1, 0.15) is 29.2 Å². The molecule has 0 atom stereocenters. The summed E-state index contributed by atoms with van der Waals surface area (Å²) in [6.45, 7) is 1.90. The molecule has 0 heterocycles. The maximum Gasteiger partial charge on any atom is -0.0650 e. The monoisotopic (exact) mass is 418 g/mol. The van der Waals surface area contributed by atoms with Crippen LogP contribution >= 0.6 is 17.0 Å². The molecular formula is C20H18Cl2Zr-2. The summed E-state index contributed by atoms with van der Waals surface area (Å²) in [7, 11) is 10.7. The minimum absolute atomic E-state index is 0.996. The van der Waals surface area contributed by atoms with Gasteiger partial charge in [0.2, 0.25) is 0 Å². The van der Waals surface area contributed by atoms with Crippen LogP contribution in [0.5, 0.6) is 0 Å². The van der Waals surface area contributed by atoms with Gasteiger partial charge in [-0.25, -0.2) is 12.2 Å². The molecule has 4 rings (SSSR count). The molecule has 0 aliphatic heterocycles. The predicted molar refractivity (Wildman–Crippen MR) is 99.2 cm³/mol. The van der Waals surface area contributed by atoms with E-state index in [1.807, 2.05) is 10.6 Å². The summed E-state index contributed by atoms with van der Waals surface area (Å²) in [6.07, 6.45) is 12.4. The third-order valence-electron chi connectivity index (χ3n) is 3.43. The fraction of sp³-hybridized carbons (Fsp3) is 0.150. The number of hydrogen-bond donors (Lipinski definition) is 0. The largest absolute Gasteiger partial charge is 0.272 e. The first-order chi connectivity index (χ1) is 11.2. The zero-order chi connectivity index (χ0) is 16.5. The van der Waals surface area contributed by atoms with Gasteiger partial charge >= 0.3 is 46.5 Å². The van der Waals surface area contributed by atoms with Crippen molar-refractivity contribution < 1.29 is 18.9 Å². The first kappa shape index (κ1) is 18.6. The van der Waals surface area contributed by atoms with E-state index in [1.54, 1.807) is 0 Å². The Bertz CT molecular complexity index is 670. The van der Waals surface area contributed by atoms with Crippen molar-refractivity contribution in [1.82, 2.24) is 0 Å². The van der Waals surface area contributed by atoms with Crippen LogP contribution in [-0.4, -0.2) is 3.71 Å². The summed E-state index contributed by atoms with van der Waals surface area (Å²) < 4.78 is 1.89. The maximum atomic E-state index is 5.37. The van der Waals surface area contributed by atoms with Crippen LogP contribution in [0.15, 0.2) is 48.5 Å². The van der Waals surface area contributed by atoms with E-state index in [4.69, 9.17) is 17.0 Å². The molecule has 0 spiro atoms. The van der Waals surface area contributed by atoms with Gasteiger partial charge in [-0.1, -0.05) is 36.4 Å². The molecule has 0 amide bonds. The Morgan fingerprint density at radius 3 is 1.57 bits per heavy atom. The van der Waals surface area contributed by atoms with E-state index in [2.05, 4.69) is 72.8 Å². The van der Waals surface area contributed by atoms with Crippen molar-refractivity contribution in [3.8, 4) is 0 Å². The molecule has 2 aromatic carbocycles. The second kappa shape index (κ2) is 10.2. The first-order valence-corrected chi connectivity index (χ1v) is 15.2. The summed E-state index contributed by atoms with van der Waals surface area (Å²) in [4.78, 5) is 0. The van der Waals surface area contributed by atoms with E-state index in [9.17, 15) is 0 Å². The summed E-state index contributed by atoms with van der Waals surface area (Å²) in [6, 6.07) is 16.8. The zero-order valence-electron chi connectivity index (χ0n) is 13.0. The molecule has 0 bridgehead atoms. The average Bonchev–Trinajstić information content (AvgIpc) is 3.24. The van der Waals surface area contributed by atoms with Crippen LogP contribution in [0.4, 0.5) is 0 Å². The van der Waals surface area contributed by atoms with E-state index in [0.29, 0.717) is 0 Å². The van der Waals surface area contributed by atoms with Crippen molar-refractivity contribution in [1.29, 1.82) is 0 Å². The maximum absolute atomic E-state index is 5.37. The number of halogens is 2. The van der Waals surface area contributed by atoms with Crippen LogP contribution in [0, 0.1) is 12.2 Å². The van der Waals surface area contributed by atoms with Crippen molar-refractivity contribution in [2.45, 2.75) is 19.8 Å². The SMILES string of the molecule is C[CH]=[Zr]([Cl])[Cl].[C-]1=Cc2ccccc2C1.[C-]1=Cc2ccccc2C1. The van der Waals surface area contributed by atoms with Gasteiger partial charge in [0.25, 0.3) is 0 Å². The van der Waals surface area contributed by atoms with Gasteiger partial charge in [0, 0.05) is 0 Å². The first-order valence-electron chi connectivity index (χ1n) is 7.47. The van der Waals surface area contributed by atoms with Gasteiger partial charge in [0.15, 0.2) is 0 Å². The fourth-order valence-electron chi connectivity index (χ4n) is 2.21. The van der Waals surface area contributed by atoms with E-state index in [-0.39, 0.29) is 0 Å². The van der Waals surface area contributed by atoms with Gasteiger partial charge in [-0.2, -0.15) is 11.1 Å². The molecule has 0 radical (unpaired) electrons. The second-order valence-corrected chi connectivity index (χ2v) is 13.8. The molecule has 118 valence electrons. The van der Waals surface area contributed by atoms with Gasteiger partial charge in [0.1, 0.15) is 0 Å². The molecule has 0 aromatic heterocycles. The molecule has 0 unspecified atom stereocenters. The Hall–Kier alpha value is -0.747. The standard InChI is InChI=1S/2C9H7.C2H4.2ClH.Zr/c2*1-2-5-9-7-3-6-8(9)4-1;1-2;;;/h2*1-2,4-6H,7H2;1H,2H3;2*1H;/q2*-1;;;;+2/p-2. The topological polar surface area (TPSA) is 0 Å². The molecule has 0 nitrogen and oxygen atoms in total. The van der Waals surface area contributed by atoms with Crippen molar-refractivity contribution >= 4 is 32.9 Å². The summed E-state index contributed by atoms with van der Waals surface area (Å²) in [5, 5.41) is 0. The third kappa shape index (κ3) is 6.34. The zero-order valence-corrected chi connectivity index (χ0v) is 17.0. The van der Waals surface area contributed by atoms with Crippen molar-refractivity contribution in [3.05, 3.63) is 82.9 Å². The third-order valence-corrected chi connectivity index (χ3v) is 7.08. The minimum Gasteiger partial charge on any atom is -0.272 e. The van der Waals surface area contributed by atoms with Crippen molar-refractivity contribution in [3.63, 3.8) is 0 Å². The van der Waals surface area contributed by atoms with E-state index >= 15 is 0 Å². The molecule has 2 aromatic rings. The second-order valence-electron chi connectivity index (χ2n) is 5.03. The number of allylic oxidation sites excluding steroid dienone is 2. The summed E-state index contributed by atoms with van der Waals surface area (Å²) >= 11 is -1.76. The molecule has 23 heavy (non-hydrogen) atoms. The molecule has 0 saturated heterocycles. The number of fused-ring (bicyclic) bond motifs is 2. The molecule has 2 aliphatic rings. The molecule has 3 heteroatoms. The quantitative estimate of drug-likeness (QED) is 0.469. The summed E-state index contributed by atoms with van der Waals surface area (Å²) in [5.74, 6) is 0. The molecule has 0 fully saturated rings. The van der Waals surface area contributed by atoms with Gasteiger partial charge in [-0.05, 0) is 0 Å². The normalized spacial score (nSPS) is 12.3. The smallest absolute Gasteiger partial charge is 0.0650 e. The van der Waals surface area contributed by atoms with Crippen LogP contribution in [0.25, 0.3) is 12.2 Å². The van der Waals surface area contributed by atoms with Crippen molar-refractivity contribution in [2.24, 2.45) is 0 Å². The van der Waals surface area contributed by atoms with Gasteiger partial charge in [0.05, 0.1) is 0 Å². The number of benzene rings is 2. The van der Waals surface area contributed by atoms with Crippen LogP contribution in [-0.2, 0) is 31.7 Å². The molecule has 2 aliphatic carbocycles.